The first-order chi connectivity index (χ1) is 9.51. The smallest absolute Gasteiger partial charge is 0.257 e. The number of phenols is 1. The summed E-state index contributed by atoms with van der Waals surface area (Å²) >= 11 is 5.81. The molecular formula is C14H10ClN3O2. The number of nitrogens with two attached hydrogens (primary N) is 1. The fourth-order valence-electron chi connectivity index (χ4n) is 1.63. The summed E-state index contributed by atoms with van der Waals surface area (Å²) in [5.74, 6) is -0.539. The van der Waals surface area contributed by atoms with Crippen LogP contribution < -0.4 is 11.1 Å². The van der Waals surface area contributed by atoms with Gasteiger partial charge in [0.15, 0.2) is 0 Å². The van der Waals surface area contributed by atoms with E-state index in [2.05, 4.69) is 5.32 Å². The zero-order valence-electron chi connectivity index (χ0n) is 10.2. The van der Waals surface area contributed by atoms with E-state index < -0.39 is 5.91 Å². The SMILES string of the molecule is N#Cc1cc(NC(=O)c2cc(O)ccc2N)ccc1Cl. The van der Waals surface area contributed by atoms with E-state index in [1.54, 1.807) is 6.07 Å². The Labute approximate surface area is 120 Å². The molecule has 6 heteroatoms. The van der Waals surface area contributed by atoms with Crippen LogP contribution in [-0.2, 0) is 0 Å². The van der Waals surface area contributed by atoms with Gasteiger partial charge in [-0.2, -0.15) is 5.26 Å². The lowest BCUT2D eigenvalue weighted by Crippen LogP contribution is -2.14. The highest BCUT2D eigenvalue weighted by Gasteiger charge is 2.11. The highest BCUT2D eigenvalue weighted by molar-refractivity contribution is 6.31. The Kier molecular flexibility index (Phi) is 3.78. The topological polar surface area (TPSA) is 99.1 Å². The maximum atomic E-state index is 12.1. The summed E-state index contributed by atoms with van der Waals surface area (Å²) in [7, 11) is 0. The Hall–Kier alpha value is -2.71. The number of carbonyl (C=O) groups is 1. The van der Waals surface area contributed by atoms with Gasteiger partial charge in [0.2, 0.25) is 0 Å². The molecule has 100 valence electrons. The van der Waals surface area contributed by atoms with E-state index in [0.717, 1.165) is 0 Å². The average molecular weight is 288 g/mol. The van der Waals surface area contributed by atoms with Crippen molar-refractivity contribution in [3.8, 4) is 11.8 Å². The molecular weight excluding hydrogens is 278 g/mol. The molecule has 0 spiro atoms. The van der Waals surface area contributed by atoms with Crippen molar-refractivity contribution in [2.75, 3.05) is 11.1 Å². The summed E-state index contributed by atoms with van der Waals surface area (Å²) in [5.41, 5.74) is 6.75. The van der Waals surface area contributed by atoms with Crippen LogP contribution in [0.15, 0.2) is 36.4 Å². The number of phenolic OH excluding ortho intramolecular Hbond substituents is 1. The minimum Gasteiger partial charge on any atom is -0.508 e. The summed E-state index contributed by atoms with van der Waals surface area (Å²) in [4.78, 5) is 12.1. The third-order valence-electron chi connectivity index (χ3n) is 2.63. The van der Waals surface area contributed by atoms with Crippen molar-refractivity contribution in [1.82, 2.24) is 0 Å². The number of nitriles is 1. The van der Waals surface area contributed by atoms with Gasteiger partial charge in [-0.3, -0.25) is 4.79 Å². The fourth-order valence-corrected chi connectivity index (χ4v) is 1.79. The molecule has 2 aromatic rings. The number of nitrogens with zero attached hydrogens (tertiary/aromatic N) is 1. The van der Waals surface area contributed by atoms with Crippen molar-refractivity contribution in [3.63, 3.8) is 0 Å². The van der Waals surface area contributed by atoms with Crippen molar-refractivity contribution in [3.05, 3.63) is 52.5 Å². The molecule has 0 aliphatic carbocycles. The van der Waals surface area contributed by atoms with Crippen molar-refractivity contribution >= 4 is 28.9 Å². The van der Waals surface area contributed by atoms with E-state index in [0.29, 0.717) is 10.7 Å². The minimum atomic E-state index is -0.482. The Balaban J connectivity index is 2.28. The third kappa shape index (κ3) is 2.82. The van der Waals surface area contributed by atoms with Crippen molar-refractivity contribution in [2.45, 2.75) is 0 Å². The average Bonchev–Trinajstić information content (AvgIpc) is 2.43. The summed E-state index contributed by atoms with van der Waals surface area (Å²) in [6.45, 7) is 0. The second-order valence-corrected chi connectivity index (χ2v) is 4.44. The van der Waals surface area contributed by atoms with Gasteiger partial charge in [-0.25, -0.2) is 0 Å². The number of benzene rings is 2. The lowest BCUT2D eigenvalue weighted by atomic mass is 10.1. The van der Waals surface area contributed by atoms with Crippen molar-refractivity contribution < 1.29 is 9.90 Å². The van der Waals surface area contributed by atoms with E-state index >= 15 is 0 Å². The molecule has 0 heterocycles. The number of halogens is 1. The number of nitrogen functional groups attached to an aromatic ring is 1. The molecule has 1 amide bonds. The molecule has 0 unspecified atom stereocenters. The van der Waals surface area contributed by atoms with Crippen LogP contribution in [0.3, 0.4) is 0 Å². The number of anilines is 2. The Bertz CT molecular complexity index is 723. The molecule has 0 radical (unpaired) electrons. The molecule has 2 aromatic carbocycles. The first-order valence-electron chi connectivity index (χ1n) is 5.61. The van der Waals surface area contributed by atoms with Crippen LogP contribution in [0.2, 0.25) is 5.02 Å². The molecule has 4 N–H and O–H groups in total. The fraction of sp³-hybridized carbons (Fsp3) is 0. The first kappa shape index (κ1) is 13.7. The van der Waals surface area contributed by atoms with Gasteiger partial charge in [0.25, 0.3) is 5.91 Å². The number of hydrogen-bond acceptors (Lipinski definition) is 4. The van der Waals surface area contributed by atoms with Crippen LogP contribution in [0, 0.1) is 11.3 Å². The van der Waals surface area contributed by atoms with Crippen LogP contribution in [0.4, 0.5) is 11.4 Å². The van der Waals surface area contributed by atoms with E-state index in [1.807, 2.05) is 6.07 Å². The Morgan fingerprint density at radius 3 is 2.75 bits per heavy atom. The standard InChI is InChI=1S/C14H10ClN3O2/c15-12-3-1-9(5-8(12)7-16)18-14(20)11-6-10(19)2-4-13(11)17/h1-6,19H,17H2,(H,18,20). The molecule has 5 nitrogen and oxygen atoms in total. The summed E-state index contributed by atoms with van der Waals surface area (Å²) in [6.07, 6.45) is 0. The number of hydrogen-bond donors (Lipinski definition) is 3. The number of amides is 1. The molecule has 0 saturated heterocycles. The van der Waals surface area contributed by atoms with Crippen LogP contribution in [0.1, 0.15) is 15.9 Å². The van der Waals surface area contributed by atoms with Crippen LogP contribution >= 0.6 is 11.6 Å². The second kappa shape index (κ2) is 5.51. The maximum absolute atomic E-state index is 12.1. The zero-order chi connectivity index (χ0) is 14.7. The highest BCUT2D eigenvalue weighted by Crippen LogP contribution is 2.22. The van der Waals surface area contributed by atoms with E-state index in [-0.39, 0.29) is 22.6 Å². The second-order valence-electron chi connectivity index (χ2n) is 4.03. The quantitative estimate of drug-likeness (QED) is 0.584. The molecule has 0 bridgehead atoms. The van der Waals surface area contributed by atoms with Gasteiger partial charge in [-0.15, -0.1) is 0 Å². The summed E-state index contributed by atoms with van der Waals surface area (Å²) < 4.78 is 0. The molecule has 2 rings (SSSR count). The van der Waals surface area contributed by atoms with Gasteiger partial charge in [0.1, 0.15) is 11.8 Å². The van der Waals surface area contributed by atoms with Gasteiger partial charge in [-0.05, 0) is 36.4 Å². The van der Waals surface area contributed by atoms with Crippen molar-refractivity contribution in [2.24, 2.45) is 0 Å². The summed E-state index contributed by atoms with van der Waals surface area (Å²) in [5, 5.41) is 21.1. The largest absolute Gasteiger partial charge is 0.508 e. The van der Waals surface area contributed by atoms with Gasteiger partial charge in [0.05, 0.1) is 16.1 Å². The van der Waals surface area contributed by atoms with Gasteiger partial charge >= 0.3 is 0 Å². The normalized spacial score (nSPS) is 9.80. The molecule has 0 aliphatic rings. The maximum Gasteiger partial charge on any atom is 0.257 e. The first-order valence-corrected chi connectivity index (χ1v) is 5.98. The molecule has 0 aliphatic heterocycles. The number of rotatable bonds is 2. The molecule has 0 atom stereocenters. The van der Waals surface area contributed by atoms with E-state index in [1.165, 1.54) is 30.3 Å². The molecule has 0 saturated carbocycles. The predicted octanol–water partition coefficient (Wildman–Crippen LogP) is 2.75. The Morgan fingerprint density at radius 2 is 2.05 bits per heavy atom. The highest BCUT2D eigenvalue weighted by atomic mass is 35.5. The van der Waals surface area contributed by atoms with Crippen molar-refractivity contribution in [1.29, 1.82) is 5.26 Å². The van der Waals surface area contributed by atoms with E-state index in [4.69, 9.17) is 22.6 Å². The van der Waals surface area contributed by atoms with Gasteiger partial charge in [-0.1, -0.05) is 11.6 Å². The zero-order valence-corrected chi connectivity index (χ0v) is 11.0. The predicted molar refractivity (Wildman–Crippen MR) is 76.6 cm³/mol. The van der Waals surface area contributed by atoms with Crippen LogP contribution in [-0.4, -0.2) is 11.0 Å². The number of nitrogens with one attached hydrogen (secondary N) is 1. The van der Waals surface area contributed by atoms with Gasteiger partial charge in [0, 0.05) is 11.4 Å². The molecule has 0 fully saturated rings. The van der Waals surface area contributed by atoms with Crippen LogP contribution in [0.25, 0.3) is 0 Å². The van der Waals surface area contributed by atoms with Gasteiger partial charge < -0.3 is 16.2 Å². The van der Waals surface area contributed by atoms with Crippen LogP contribution in [0.5, 0.6) is 5.75 Å². The minimum absolute atomic E-state index is 0.0572. The number of aromatic hydroxyl groups is 1. The van der Waals surface area contributed by atoms with E-state index in [9.17, 15) is 9.90 Å². The Morgan fingerprint density at radius 1 is 1.30 bits per heavy atom. The summed E-state index contributed by atoms with van der Waals surface area (Å²) in [6, 6.07) is 10.6. The molecule has 20 heavy (non-hydrogen) atoms. The third-order valence-corrected chi connectivity index (χ3v) is 2.96. The lowest BCUT2D eigenvalue weighted by Gasteiger charge is -2.08. The number of carbonyl (C=O) groups excluding carboxylic acids is 1. The monoisotopic (exact) mass is 287 g/mol. The molecule has 0 aromatic heterocycles. The lowest BCUT2D eigenvalue weighted by molar-refractivity contribution is 0.102.